The average molecular weight is 1160 g/mol. The van der Waals surface area contributed by atoms with Crippen molar-refractivity contribution in [1.82, 2.24) is 0 Å². The van der Waals surface area contributed by atoms with Crippen molar-refractivity contribution in [3.8, 4) is 28.7 Å². The fourth-order valence-electron chi connectivity index (χ4n) is 9.41. The van der Waals surface area contributed by atoms with E-state index in [1.807, 2.05) is 138 Å². The largest absolute Gasteiger partial charge is 0.872 e. The number of carboxylic acid groups (broad SMARTS) is 5. The number of rotatable bonds is 15. The molecule has 81 heavy (non-hydrogen) atoms. The molecule has 0 fully saturated rings. The molecular formula is C65H85O15V-5. The van der Waals surface area contributed by atoms with Crippen molar-refractivity contribution in [2.75, 3.05) is 0 Å². The van der Waals surface area contributed by atoms with Gasteiger partial charge in [0.25, 0.3) is 0 Å². The van der Waals surface area contributed by atoms with Gasteiger partial charge in [-0.05, 0) is 145 Å². The maximum absolute atomic E-state index is 12.0. The van der Waals surface area contributed by atoms with Crippen LogP contribution < -0.4 is 25.5 Å². The standard InChI is InChI=1S/5C13H18O3.V/c5*1-7(2)9-5-6-10(13(15)16)12(14)11(9)8(3)4;/h5*5-8,14H,1-4H3,(H,15,16);/p-5. The van der Waals surface area contributed by atoms with Gasteiger partial charge in [0.2, 0.25) is 0 Å². The third-order valence-corrected chi connectivity index (χ3v) is 13.3. The summed E-state index contributed by atoms with van der Waals surface area (Å²) in [6.07, 6.45) is 0. The van der Waals surface area contributed by atoms with E-state index in [9.17, 15) is 49.5 Å². The van der Waals surface area contributed by atoms with Crippen LogP contribution >= 0.6 is 0 Å². The summed E-state index contributed by atoms with van der Waals surface area (Å²) in [4.78, 5) is 54.4. The fraction of sp³-hybridized carbons (Fsp3) is 0.462. The summed E-state index contributed by atoms with van der Waals surface area (Å²) in [6.45, 7) is 39.1. The van der Waals surface area contributed by atoms with Crippen LogP contribution in [0.3, 0.4) is 0 Å². The Labute approximate surface area is 491 Å². The Morgan fingerprint density at radius 3 is 0.432 bits per heavy atom. The van der Waals surface area contributed by atoms with Gasteiger partial charge in [-0.3, -0.25) is 0 Å². The number of hydrogen-bond donors (Lipinski definition) is 5. The minimum Gasteiger partial charge on any atom is -0.872 e. The fourth-order valence-corrected chi connectivity index (χ4v) is 9.41. The number of hydrogen-bond acceptors (Lipinski definition) is 10. The van der Waals surface area contributed by atoms with Gasteiger partial charge in [0.15, 0.2) is 0 Å². The van der Waals surface area contributed by atoms with Crippen molar-refractivity contribution in [1.29, 1.82) is 0 Å². The zero-order chi connectivity index (χ0) is 62.3. The third kappa shape index (κ3) is 19.3. The van der Waals surface area contributed by atoms with E-state index in [2.05, 4.69) is 0 Å². The zero-order valence-corrected chi connectivity index (χ0v) is 52.2. The van der Waals surface area contributed by atoms with E-state index in [-0.39, 0.29) is 134 Å². The Kier molecular flexibility index (Phi) is 29.7. The minimum absolute atomic E-state index is 0. The normalized spacial score (nSPS) is 11.0. The van der Waals surface area contributed by atoms with Gasteiger partial charge in [-0.2, -0.15) is 0 Å². The summed E-state index contributed by atoms with van der Waals surface area (Å²) in [5.41, 5.74) is 7.26. The molecular weight excluding hydrogens is 1070 g/mol. The topological polar surface area (TPSA) is 302 Å². The SMILES string of the molecule is CC(C)c1ccc(C(=O)O)c([O-])c1C(C)C.CC(C)c1ccc(C(=O)O)c([O-])c1C(C)C.CC(C)c1ccc(C(=O)O)c([O-])c1C(C)C.CC(C)c1ccc(C(=O)O)c([O-])c1C(C)C.CC(C)c1ccc(C(=O)O)c([O-])c1C(C)C.[V]. The van der Waals surface area contributed by atoms with Crippen LogP contribution in [0.2, 0.25) is 0 Å². The Morgan fingerprint density at radius 2 is 0.358 bits per heavy atom. The molecule has 445 valence electrons. The van der Waals surface area contributed by atoms with Crippen LogP contribution in [0.25, 0.3) is 0 Å². The van der Waals surface area contributed by atoms with E-state index in [1.54, 1.807) is 30.3 Å². The summed E-state index contributed by atoms with van der Waals surface area (Å²) in [5.74, 6) is -6.07. The van der Waals surface area contributed by atoms with Gasteiger partial charge in [0.05, 0.1) is 27.8 Å². The van der Waals surface area contributed by atoms with E-state index >= 15 is 0 Å². The molecule has 1 radical (unpaired) electrons. The van der Waals surface area contributed by atoms with E-state index in [0.717, 1.165) is 27.8 Å². The maximum Gasteiger partial charge on any atom is 0.335 e. The Balaban J connectivity index is 0.000000985. The molecule has 15 nitrogen and oxygen atoms in total. The second-order valence-corrected chi connectivity index (χ2v) is 22.8. The van der Waals surface area contributed by atoms with Crippen LogP contribution in [0, 0.1) is 0 Å². The summed E-state index contributed by atoms with van der Waals surface area (Å²) in [6, 6.07) is 15.8. The second kappa shape index (κ2) is 32.5. The first kappa shape index (κ1) is 74.0. The Morgan fingerprint density at radius 1 is 0.247 bits per heavy atom. The number of benzene rings is 5. The van der Waals surface area contributed by atoms with E-state index in [1.165, 1.54) is 30.3 Å². The third-order valence-electron chi connectivity index (χ3n) is 13.3. The monoisotopic (exact) mass is 1160 g/mol. The molecule has 0 spiro atoms. The van der Waals surface area contributed by atoms with Crippen LogP contribution in [0.4, 0.5) is 0 Å². The van der Waals surface area contributed by atoms with Crippen molar-refractivity contribution in [2.45, 2.75) is 198 Å². The Bertz CT molecular complexity index is 2500. The summed E-state index contributed by atoms with van der Waals surface area (Å²) < 4.78 is 0. The van der Waals surface area contributed by atoms with Crippen LogP contribution in [-0.2, 0) is 18.6 Å². The second-order valence-electron chi connectivity index (χ2n) is 22.8. The minimum atomic E-state index is -1.15. The molecule has 0 bridgehead atoms. The maximum atomic E-state index is 12.0. The predicted molar refractivity (Wildman–Crippen MR) is 305 cm³/mol. The summed E-state index contributed by atoms with van der Waals surface area (Å²) in [5, 5.41) is 104. The molecule has 0 heterocycles. The molecule has 0 amide bonds. The van der Waals surface area contributed by atoms with Crippen LogP contribution in [-0.4, -0.2) is 55.4 Å². The number of carboxylic acids is 5. The molecule has 5 aromatic carbocycles. The molecule has 5 aromatic rings. The van der Waals surface area contributed by atoms with Crippen molar-refractivity contribution in [3.05, 3.63) is 144 Å². The van der Waals surface area contributed by atoms with Gasteiger partial charge in [-0.25, -0.2) is 24.0 Å². The first-order chi connectivity index (χ1) is 36.8. The summed E-state index contributed by atoms with van der Waals surface area (Å²) in [7, 11) is 0. The Hall–Kier alpha value is -6.97. The van der Waals surface area contributed by atoms with Crippen molar-refractivity contribution >= 4 is 29.8 Å². The number of carbonyl (C=O) groups is 5. The molecule has 0 atom stereocenters. The van der Waals surface area contributed by atoms with Gasteiger partial charge < -0.3 is 51.1 Å². The summed E-state index contributed by atoms with van der Waals surface area (Å²) >= 11 is 0. The smallest absolute Gasteiger partial charge is 0.335 e. The van der Waals surface area contributed by atoms with E-state index in [0.29, 0.717) is 27.8 Å². The molecule has 0 aliphatic rings. The number of aromatic carboxylic acids is 5. The zero-order valence-electron chi connectivity index (χ0n) is 50.8. The van der Waals surface area contributed by atoms with Crippen LogP contribution in [0.5, 0.6) is 28.7 Å². The van der Waals surface area contributed by atoms with Crippen LogP contribution in [0.1, 0.15) is 305 Å². The van der Waals surface area contributed by atoms with Gasteiger partial charge in [-0.15, -0.1) is 0 Å². The molecule has 0 unspecified atom stereocenters. The molecule has 5 rings (SSSR count). The molecule has 0 aliphatic heterocycles. The van der Waals surface area contributed by atoms with Crippen molar-refractivity contribution in [3.63, 3.8) is 0 Å². The van der Waals surface area contributed by atoms with E-state index in [4.69, 9.17) is 25.5 Å². The molecule has 0 aliphatic carbocycles. The quantitative estimate of drug-likeness (QED) is 0.0651. The molecule has 0 aromatic heterocycles. The first-order valence-corrected chi connectivity index (χ1v) is 27.1. The van der Waals surface area contributed by atoms with Crippen LogP contribution in [0.15, 0.2) is 60.7 Å². The van der Waals surface area contributed by atoms with Gasteiger partial charge in [0.1, 0.15) is 0 Å². The molecule has 0 saturated carbocycles. The van der Waals surface area contributed by atoms with Crippen molar-refractivity contribution in [2.24, 2.45) is 0 Å². The van der Waals surface area contributed by atoms with Gasteiger partial charge >= 0.3 is 29.8 Å². The molecule has 0 saturated heterocycles. The molecule has 5 N–H and O–H groups in total. The van der Waals surface area contributed by atoms with Crippen molar-refractivity contribution < 1.29 is 93.6 Å². The predicted octanol–water partition coefficient (Wildman–Crippen LogP) is 13.5. The first-order valence-electron chi connectivity index (χ1n) is 27.1. The van der Waals surface area contributed by atoms with Gasteiger partial charge in [-0.1, -0.05) is 198 Å². The molecule has 16 heteroatoms. The van der Waals surface area contributed by atoms with E-state index < -0.39 is 29.8 Å². The van der Waals surface area contributed by atoms with Gasteiger partial charge in [0, 0.05) is 18.6 Å². The average Bonchev–Trinajstić information content (AvgIpc) is 3.32.